The summed E-state index contributed by atoms with van der Waals surface area (Å²) in [6.45, 7) is 6.03. The van der Waals surface area contributed by atoms with Crippen molar-refractivity contribution in [2.24, 2.45) is 0 Å². The monoisotopic (exact) mass is 383 g/mol. The number of nitrogens with two attached hydrogens (primary N) is 1. The zero-order valence-electron chi connectivity index (χ0n) is 16.1. The third-order valence-corrected chi connectivity index (χ3v) is 4.93. The zero-order valence-corrected chi connectivity index (χ0v) is 16.9. The molecule has 1 aliphatic carbocycles. The summed E-state index contributed by atoms with van der Waals surface area (Å²) in [5, 5.41) is 2.96. The van der Waals surface area contributed by atoms with Gasteiger partial charge in [0.1, 0.15) is 5.60 Å². The number of ether oxygens (including phenoxy) is 1. The van der Waals surface area contributed by atoms with Crippen LogP contribution in [0.4, 0.5) is 16.2 Å². The minimum absolute atomic E-state index is 0.0792. The molecule has 26 heavy (non-hydrogen) atoms. The van der Waals surface area contributed by atoms with E-state index < -0.39 is 21.5 Å². The molecule has 1 saturated carbocycles. The van der Waals surface area contributed by atoms with Crippen LogP contribution in [-0.2, 0) is 20.3 Å². The molecule has 146 valence electrons. The Kier molecular flexibility index (Phi) is 5.46. The number of rotatable bonds is 6. The van der Waals surface area contributed by atoms with Gasteiger partial charge in [-0.05, 0) is 57.4 Å². The van der Waals surface area contributed by atoms with E-state index in [2.05, 4.69) is 5.32 Å². The quantitative estimate of drug-likeness (QED) is 0.731. The topological polar surface area (TPSA) is 102 Å². The SMILES string of the molecule is CN(CC1(NC(=O)OC(C)(C)C)CC1)c1ccc(N)cc1CS(C)(=O)=O. The Morgan fingerprint density at radius 3 is 2.46 bits per heavy atom. The molecule has 3 N–H and O–H groups in total. The molecule has 1 fully saturated rings. The number of sulfone groups is 1. The Bertz CT molecular complexity index is 780. The van der Waals surface area contributed by atoms with Gasteiger partial charge in [-0.2, -0.15) is 0 Å². The molecular weight excluding hydrogens is 354 g/mol. The highest BCUT2D eigenvalue weighted by Gasteiger charge is 2.46. The molecular formula is C18H29N3O4S. The van der Waals surface area contributed by atoms with E-state index in [9.17, 15) is 13.2 Å². The van der Waals surface area contributed by atoms with Crippen LogP contribution >= 0.6 is 0 Å². The number of nitrogen functional groups attached to an aromatic ring is 1. The molecule has 1 aromatic carbocycles. The Hall–Kier alpha value is -1.96. The van der Waals surface area contributed by atoms with Crippen molar-refractivity contribution in [3.8, 4) is 0 Å². The summed E-state index contributed by atoms with van der Waals surface area (Å²) < 4.78 is 28.8. The molecule has 0 aliphatic heterocycles. The fourth-order valence-electron chi connectivity index (χ4n) is 2.91. The predicted molar refractivity (Wildman–Crippen MR) is 104 cm³/mol. The van der Waals surface area contributed by atoms with Gasteiger partial charge in [0.2, 0.25) is 0 Å². The Morgan fingerprint density at radius 1 is 1.35 bits per heavy atom. The molecule has 1 aromatic rings. The molecule has 1 aliphatic rings. The summed E-state index contributed by atoms with van der Waals surface area (Å²) in [6, 6.07) is 5.26. The summed E-state index contributed by atoms with van der Waals surface area (Å²) in [4.78, 5) is 14.0. The van der Waals surface area contributed by atoms with Crippen LogP contribution in [0.1, 0.15) is 39.2 Å². The molecule has 0 heterocycles. The van der Waals surface area contributed by atoms with Gasteiger partial charge in [0, 0.05) is 31.2 Å². The van der Waals surface area contributed by atoms with Crippen molar-refractivity contribution < 1.29 is 17.9 Å². The van der Waals surface area contributed by atoms with Gasteiger partial charge < -0.3 is 20.7 Å². The van der Waals surface area contributed by atoms with Gasteiger partial charge in [0.25, 0.3) is 0 Å². The molecule has 0 saturated heterocycles. The largest absolute Gasteiger partial charge is 0.444 e. The van der Waals surface area contributed by atoms with Crippen molar-refractivity contribution in [3.05, 3.63) is 23.8 Å². The maximum Gasteiger partial charge on any atom is 0.408 e. The summed E-state index contributed by atoms with van der Waals surface area (Å²) >= 11 is 0. The maximum absolute atomic E-state index is 12.1. The molecule has 0 unspecified atom stereocenters. The van der Waals surface area contributed by atoms with E-state index in [-0.39, 0.29) is 11.3 Å². The van der Waals surface area contributed by atoms with Gasteiger partial charge in [-0.15, -0.1) is 0 Å². The maximum atomic E-state index is 12.1. The van der Waals surface area contributed by atoms with E-state index >= 15 is 0 Å². The van der Waals surface area contributed by atoms with Crippen LogP contribution in [0.5, 0.6) is 0 Å². The third kappa shape index (κ3) is 6.09. The molecule has 0 aromatic heterocycles. The third-order valence-electron chi connectivity index (χ3n) is 4.09. The van der Waals surface area contributed by atoms with E-state index in [0.29, 0.717) is 17.8 Å². The van der Waals surface area contributed by atoms with Gasteiger partial charge in [0.15, 0.2) is 9.84 Å². The minimum Gasteiger partial charge on any atom is -0.444 e. The predicted octanol–water partition coefficient (Wildman–Crippen LogP) is 2.31. The minimum atomic E-state index is -3.19. The summed E-state index contributed by atoms with van der Waals surface area (Å²) in [7, 11) is -1.31. The van der Waals surface area contributed by atoms with Crippen LogP contribution in [0, 0.1) is 0 Å². The number of anilines is 2. The number of carbonyl (C=O) groups excluding carboxylic acids is 1. The van der Waals surface area contributed by atoms with Crippen molar-refractivity contribution in [2.45, 2.75) is 50.5 Å². The van der Waals surface area contributed by atoms with Crippen LogP contribution in [0.25, 0.3) is 0 Å². The standard InChI is InChI=1S/C18H29N3O4S/c1-17(2,3)25-16(22)20-18(8-9-18)12-21(4)15-7-6-14(19)10-13(15)11-26(5,23)24/h6-7,10H,8-9,11-12,19H2,1-5H3,(H,20,22). The highest BCUT2D eigenvalue weighted by Crippen LogP contribution is 2.38. The Labute approximate surface area is 155 Å². The van der Waals surface area contributed by atoms with E-state index in [0.717, 1.165) is 18.5 Å². The van der Waals surface area contributed by atoms with Gasteiger partial charge in [0.05, 0.1) is 11.3 Å². The molecule has 2 rings (SSSR count). The van der Waals surface area contributed by atoms with Crippen molar-refractivity contribution in [1.82, 2.24) is 5.32 Å². The number of nitrogens with zero attached hydrogens (tertiary/aromatic N) is 1. The van der Waals surface area contributed by atoms with E-state index in [4.69, 9.17) is 10.5 Å². The summed E-state index contributed by atoms with van der Waals surface area (Å²) in [6.07, 6.45) is 2.48. The van der Waals surface area contributed by atoms with E-state index in [1.54, 1.807) is 12.1 Å². The number of likely N-dealkylation sites (N-methyl/N-ethyl adjacent to an activating group) is 1. The number of carbonyl (C=O) groups is 1. The average molecular weight is 384 g/mol. The molecule has 0 spiro atoms. The second-order valence-electron chi connectivity index (χ2n) is 8.22. The lowest BCUT2D eigenvalue weighted by molar-refractivity contribution is 0.0498. The van der Waals surface area contributed by atoms with E-state index in [1.807, 2.05) is 38.8 Å². The van der Waals surface area contributed by atoms with Crippen LogP contribution in [-0.4, -0.2) is 45.5 Å². The Balaban J connectivity index is 2.12. The second kappa shape index (κ2) is 6.98. The van der Waals surface area contributed by atoms with Crippen molar-refractivity contribution in [3.63, 3.8) is 0 Å². The van der Waals surface area contributed by atoms with Gasteiger partial charge in [-0.25, -0.2) is 13.2 Å². The highest BCUT2D eigenvalue weighted by molar-refractivity contribution is 7.89. The smallest absolute Gasteiger partial charge is 0.408 e. The highest BCUT2D eigenvalue weighted by atomic mass is 32.2. The zero-order chi connectivity index (χ0) is 19.8. The van der Waals surface area contributed by atoms with Crippen molar-refractivity contribution in [2.75, 3.05) is 30.5 Å². The first-order valence-corrected chi connectivity index (χ1v) is 10.6. The molecule has 0 bridgehead atoms. The van der Waals surface area contributed by atoms with Crippen molar-refractivity contribution >= 4 is 27.3 Å². The molecule has 0 radical (unpaired) electrons. The van der Waals surface area contributed by atoms with Crippen LogP contribution in [0.15, 0.2) is 18.2 Å². The van der Waals surface area contributed by atoms with Crippen molar-refractivity contribution in [1.29, 1.82) is 0 Å². The summed E-state index contributed by atoms with van der Waals surface area (Å²) in [5.41, 5.74) is 6.90. The van der Waals surface area contributed by atoms with Gasteiger partial charge >= 0.3 is 6.09 Å². The number of benzene rings is 1. The number of hydrogen-bond donors (Lipinski definition) is 2. The van der Waals surface area contributed by atoms with E-state index in [1.165, 1.54) is 6.26 Å². The number of amides is 1. The normalized spacial score (nSPS) is 16.0. The first-order chi connectivity index (χ1) is 11.8. The Morgan fingerprint density at radius 2 is 1.96 bits per heavy atom. The molecule has 0 atom stereocenters. The summed E-state index contributed by atoms with van der Waals surface area (Å²) in [5.74, 6) is -0.0792. The fraction of sp³-hybridized carbons (Fsp3) is 0.611. The number of hydrogen-bond acceptors (Lipinski definition) is 6. The molecule has 1 amide bonds. The van der Waals surface area contributed by atoms with Crippen LogP contribution in [0.2, 0.25) is 0 Å². The number of nitrogens with one attached hydrogen (secondary N) is 1. The van der Waals surface area contributed by atoms with Crippen LogP contribution < -0.4 is 16.0 Å². The lowest BCUT2D eigenvalue weighted by Gasteiger charge is -2.29. The number of alkyl carbamates (subject to hydrolysis) is 1. The average Bonchev–Trinajstić information content (AvgIpc) is 3.13. The van der Waals surface area contributed by atoms with Crippen LogP contribution in [0.3, 0.4) is 0 Å². The first kappa shape index (κ1) is 20.4. The lowest BCUT2D eigenvalue weighted by Crippen LogP contribution is -2.46. The fourth-order valence-corrected chi connectivity index (χ4v) is 3.70. The molecule has 8 heteroatoms. The second-order valence-corrected chi connectivity index (χ2v) is 10.4. The first-order valence-electron chi connectivity index (χ1n) is 8.57. The van der Waals surface area contributed by atoms with Gasteiger partial charge in [-0.1, -0.05) is 0 Å². The molecule has 7 nitrogen and oxygen atoms in total. The lowest BCUT2D eigenvalue weighted by atomic mass is 10.1. The van der Waals surface area contributed by atoms with Gasteiger partial charge in [-0.3, -0.25) is 0 Å².